The van der Waals surface area contributed by atoms with Gasteiger partial charge in [0.15, 0.2) is 0 Å². The van der Waals surface area contributed by atoms with Gasteiger partial charge in [0.05, 0.1) is 5.75 Å². The van der Waals surface area contributed by atoms with E-state index < -0.39 is 15.6 Å². The number of amides is 1. The van der Waals surface area contributed by atoms with Crippen LogP contribution in [0.1, 0.15) is 47.5 Å². The molecule has 1 aliphatic rings. The molecule has 1 aliphatic heterocycles. The summed E-state index contributed by atoms with van der Waals surface area (Å²) in [4.78, 5) is 13.7. The molecule has 7 heteroatoms. The lowest BCUT2D eigenvalue weighted by atomic mass is 10.0. The number of carbonyl (C=O) groups is 1. The van der Waals surface area contributed by atoms with Gasteiger partial charge in [-0.2, -0.15) is 0 Å². The van der Waals surface area contributed by atoms with Crippen LogP contribution in [0.15, 0.2) is 11.6 Å². The molecule has 1 saturated heterocycles. The van der Waals surface area contributed by atoms with E-state index in [9.17, 15) is 13.2 Å². The number of carbonyl (C=O) groups excluding carboxylic acids is 1. The second kappa shape index (κ2) is 8.15. The van der Waals surface area contributed by atoms with Gasteiger partial charge < -0.3 is 9.64 Å². The number of hydrogen-bond acceptors (Lipinski definition) is 4. The monoisotopic (exact) mass is 346 g/mol. The van der Waals surface area contributed by atoms with Gasteiger partial charge in [-0.1, -0.05) is 11.6 Å². The van der Waals surface area contributed by atoms with Crippen LogP contribution in [0, 0.1) is 5.92 Å². The molecule has 0 spiro atoms. The average Bonchev–Trinajstić information content (AvgIpc) is 2.35. The van der Waals surface area contributed by atoms with Crippen molar-refractivity contribution in [1.29, 1.82) is 0 Å². The van der Waals surface area contributed by atoms with Crippen LogP contribution >= 0.6 is 0 Å². The Kier molecular flexibility index (Phi) is 7.07. The van der Waals surface area contributed by atoms with Crippen molar-refractivity contribution >= 4 is 16.1 Å². The number of hydrogen-bond donors (Lipinski definition) is 1. The normalized spacial score (nSPS) is 19.3. The van der Waals surface area contributed by atoms with Gasteiger partial charge in [-0.3, -0.25) is 0 Å². The van der Waals surface area contributed by atoms with Gasteiger partial charge in [0.1, 0.15) is 5.60 Å². The second-order valence-corrected chi connectivity index (χ2v) is 9.20. The number of likely N-dealkylation sites (tertiary alicyclic amines) is 1. The van der Waals surface area contributed by atoms with Crippen molar-refractivity contribution in [3.8, 4) is 0 Å². The number of allylic oxidation sites excluding steroid dienone is 1. The van der Waals surface area contributed by atoms with E-state index in [1.54, 1.807) is 4.90 Å². The largest absolute Gasteiger partial charge is 0.444 e. The molecule has 0 aromatic carbocycles. The maximum Gasteiger partial charge on any atom is 0.410 e. The zero-order chi connectivity index (χ0) is 17.7. The highest BCUT2D eigenvalue weighted by Crippen LogP contribution is 2.20. The summed E-state index contributed by atoms with van der Waals surface area (Å²) >= 11 is 0. The lowest BCUT2D eigenvalue weighted by molar-refractivity contribution is 0.0176. The van der Waals surface area contributed by atoms with Crippen molar-refractivity contribution in [3.05, 3.63) is 11.6 Å². The summed E-state index contributed by atoms with van der Waals surface area (Å²) in [5.41, 5.74) is 0.531. The lowest BCUT2D eigenvalue weighted by Gasteiger charge is -2.34. The Hall–Kier alpha value is -1.08. The fourth-order valence-electron chi connectivity index (χ4n) is 2.44. The minimum Gasteiger partial charge on any atom is -0.444 e. The molecule has 0 aromatic heterocycles. The Morgan fingerprint density at radius 1 is 1.35 bits per heavy atom. The van der Waals surface area contributed by atoms with Crippen molar-refractivity contribution in [1.82, 2.24) is 9.62 Å². The van der Waals surface area contributed by atoms with Crippen molar-refractivity contribution in [2.75, 3.05) is 25.4 Å². The quantitative estimate of drug-likeness (QED) is 0.776. The maximum absolute atomic E-state index is 12.1. The van der Waals surface area contributed by atoms with Gasteiger partial charge in [0, 0.05) is 19.6 Å². The van der Waals surface area contributed by atoms with Crippen LogP contribution in [0.2, 0.25) is 0 Å². The number of rotatable bonds is 5. The van der Waals surface area contributed by atoms with Gasteiger partial charge in [-0.15, -0.1) is 0 Å². The molecule has 1 fully saturated rings. The van der Waals surface area contributed by atoms with Crippen LogP contribution in [0.25, 0.3) is 0 Å². The van der Waals surface area contributed by atoms with E-state index in [1.807, 2.05) is 40.7 Å². The van der Waals surface area contributed by atoms with Gasteiger partial charge in [0.2, 0.25) is 10.0 Å². The van der Waals surface area contributed by atoms with E-state index in [2.05, 4.69) is 4.72 Å². The first-order valence-corrected chi connectivity index (χ1v) is 9.72. The minimum atomic E-state index is -3.33. The summed E-state index contributed by atoms with van der Waals surface area (Å²) in [7, 11) is -3.33. The van der Waals surface area contributed by atoms with Crippen LogP contribution in [-0.4, -0.2) is 50.4 Å². The van der Waals surface area contributed by atoms with E-state index in [0.29, 0.717) is 19.6 Å². The summed E-state index contributed by atoms with van der Waals surface area (Å²) in [5.74, 6) is -0.0106. The van der Waals surface area contributed by atoms with Crippen LogP contribution < -0.4 is 4.72 Å². The highest BCUT2D eigenvalue weighted by molar-refractivity contribution is 7.89. The van der Waals surface area contributed by atoms with Crippen LogP contribution in [0.3, 0.4) is 0 Å². The zero-order valence-corrected chi connectivity index (χ0v) is 15.7. The van der Waals surface area contributed by atoms with E-state index in [4.69, 9.17) is 4.74 Å². The van der Waals surface area contributed by atoms with E-state index in [-0.39, 0.29) is 17.8 Å². The molecule has 0 aliphatic carbocycles. The summed E-state index contributed by atoms with van der Waals surface area (Å²) in [6.07, 6.45) is 3.08. The Labute approximate surface area is 140 Å². The van der Waals surface area contributed by atoms with Crippen molar-refractivity contribution in [2.45, 2.75) is 53.1 Å². The number of piperidine rings is 1. The third-order valence-electron chi connectivity index (χ3n) is 3.44. The topological polar surface area (TPSA) is 75.7 Å². The molecule has 1 N–H and O–H groups in total. The van der Waals surface area contributed by atoms with Crippen LogP contribution in [0.4, 0.5) is 4.79 Å². The standard InChI is InChI=1S/C16H30N2O4S/c1-13(2)8-9-17-23(20,21)12-14-7-6-10-18(11-14)15(19)22-16(3,4)5/h8,14,17H,6-7,9-12H2,1-5H3. The Morgan fingerprint density at radius 2 is 2.00 bits per heavy atom. The van der Waals surface area contributed by atoms with Gasteiger partial charge in [-0.25, -0.2) is 17.9 Å². The first-order valence-electron chi connectivity index (χ1n) is 8.07. The SMILES string of the molecule is CC(C)=CCNS(=O)(=O)CC1CCCN(C(=O)OC(C)(C)C)C1. The molecular weight excluding hydrogens is 316 g/mol. The summed E-state index contributed by atoms with van der Waals surface area (Å²) < 4.78 is 32.2. The third-order valence-corrected chi connectivity index (χ3v) is 4.96. The number of nitrogens with one attached hydrogen (secondary N) is 1. The molecular formula is C16H30N2O4S. The summed E-state index contributed by atoms with van der Waals surface area (Å²) in [6, 6.07) is 0. The molecule has 1 unspecified atom stereocenters. The Bertz CT molecular complexity index is 531. The summed E-state index contributed by atoms with van der Waals surface area (Å²) in [5, 5.41) is 0. The molecule has 1 atom stereocenters. The summed E-state index contributed by atoms with van der Waals surface area (Å²) in [6.45, 7) is 10.7. The smallest absolute Gasteiger partial charge is 0.410 e. The molecule has 0 saturated carbocycles. The molecule has 1 amide bonds. The second-order valence-electron chi connectivity index (χ2n) is 7.35. The third kappa shape index (κ3) is 8.37. The van der Waals surface area contributed by atoms with Gasteiger partial charge in [-0.05, 0) is 53.4 Å². The first-order chi connectivity index (χ1) is 10.5. The number of nitrogens with zero attached hydrogens (tertiary/aromatic N) is 1. The molecule has 1 rings (SSSR count). The van der Waals surface area contributed by atoms with E-state index in [0.717, 1.165) is 18.4 Å². The average molecular weight is 346 g/mol. The molecule has 23 heavy (non-hydrogen) atoms. The highest BCUT2D eigenvalue weighted by atomic mass is 32.2. The van der Waals surface area contributed by atoms with Crippen molar-refractivity contribution < 1.29 is 17.9 Å². The number of sulfonamides is 1. The van der Waals surface area contributed by atoms with Crippen molar-refractivity contribution in [3.63, 3.8) is 0 Å². The van der Waals surface area contributed by atoms with Crippen LogP contribution in [-0.2, 0) is 14.8 Å². The molecule has 6 nitrogen and oxygen atoms in total. The first kappa shape index (κ1) is 20.0. The predicted molar refractivity (Wildman–Crippen MR) is 91.8 cm³/mol. The van der Waals surface area contributed by atoms with Crippen molar-refractivity contribution in [2.24, 2.45) is 5.92 Å². The van der Waals surface area contributed by atoms with E-state index in [1.165, 1.54) is 0 Å². The Balaban J connectivity index is 2.55. The molecule has 1 heterocycles. The van der Waals surface area contributed by atoms with Gasteiger partial charge in [0.25, 0.3) is 0 Å². The molecule has 0 radical (unpaired) electrons. The van der Waals surface area contributed by atoms with E-state index >= 15 is 0 Å². The fraction of sp³-hybridized carbons (Fsp3) is 0.812. The highest BCUT2D eigenvalue weighted by Gasteiger charge is 2.29. The molecule has 0 bridgehead atoms. The predicted octanol–water partition coefficient (Wildman–Crippen LogP) is 2.52. The minimum absolute atomic E-state index is 0.0445. The fourth-order valence-corrected chi connectivity index (χ4v) is 3.78. The lowest BCUT2D eigenvalue weighted by Crippen LogP contribution is -2.45. The van der Waals surface area contributed by atoms with Crippen LogP contribution in [0.5, 0.6) is 0 Å². The molecule has 0 aromatic rings. The molecule has 134 valence electrons. The maximum atomic E-state index is 12.1. The Morgan fingerprint density at radius 3 is 2.57 bits per heavy atom. The zero-order valence-electron chi connectivity index (χ0n) is 14.9. The van der Waals surface area contributed by atoms with Gasteiger partial charge >= 0.3 is 6.09 Å². The number of ether oxygens (including phenoxy) is 1.